The zero-order valence-electron chi connectivity index (χ0n) is 13.7. The number of ether oxygens (including phenoxy) is 1. The van der Waals surface area contributed by atoms with Crippen LogP contribution >= 0.6 is 23.2 Å². The average Bonchev–Trinajstić information content (AvgIpc) is 2.96. The lowest BCUT2D eigenvalue weighted by molar-refractivity contribution is 0.121. The van der Waals surface area contributed by atoms with E-state index in [1.165, 1.54) is 18.4 Å². The summed E-state index contributed by atoms with van der Waals surface area (Å²) in [5, 5.41) is 12.7. The fraction of sp³-hybridized carbons (Fsp3) is 0.105. The summed E-state index contributed by atoms with van der Waals surface area (Å²) < 4.78 is 10.8. The third-order valence-electron chi connectivity index (χ3n) is 3.73. The van der Waals surface area contributed by atoms with Crippen LogP contribution in [0.15, 0.2) is 59.2 Å². The van der Waals surface area contributed by atoms with Gasteiger partial charge in [0, 0.05) is 16.1 Å². The Bertz CT molecular complexity index is 922. The molecule has 134 valence electrons. The van der Waals surface area contributed by atoms with Crippen LogP contribution in [-0.4, -0.2) is 11.2 Å². The Kier molecular flexibility index (Phi) is 5.40. The number of halogens is 2. The summed E-state index contributed by atoms with van der Waals surface area (Å²) in [6.07, 6.45) is 0.0730. The molecule has 0 bridgehead atoms. The van der Waals surface area contributed by atoms with E-state index in [2.05, 4.69) is 5.32 Å². The normalized spacial score (nSPS) is 11.8. The van der Waals surface area contributed by atoms with E-state index in [0.29, 0.717) is 21.9 Å². The summed E-state index contributed by atoms with van der Waals surface area (Å²) in [6, 6.07) is 13.4. The molecule has 3 rings (SSSR count). The number of furan rings is 1. The summed E-state index contributed by atoms with van der Waals surface area (Å²) in [6.45, 7) is 1.72. The third kappa shape index (κ3) is 3.95. The smallest absolute Gasteiger partial charge is 0.412 e. The summed E-state index contributed by atoms with van der Waals surface area (Å²) in [7, 11) is 0. The molecule has 3 aromatic rings. The highest BCUT2D eigenvalue weighted by Crippen LogP contribution is 2.37. The highest BCUT2D eigenvalue weighted by Gasteiger charge is 2.20. The Balaban J connectivity index is 1.77. The average molecular weight is 392 g/mol. The first-order valence-corrected chi connectivity index (χ1v) is 8.49. The van der Waals surface area contributed by atoms with E-state index in [-0.39, 0.29) is 16.5 Å². The molecule has 0 radical (unpaired) electrons. The maximum Gasteiger partial charge on any atom is 0.412 e. The topological polar surface area (TPSA) is 71.7 Å². The number of phenols is 1. The number of carbonyl (C=O) groups excluding carboxylic acids is 1. The molecule has 0 spiro atoms. The Morgan fingerprint density at radius 1 is 1.12 bits per heavy atom. The van der Waals surface area contributed by atoms with Crippen molar-refractivity contribution in [3.8, 4) is 17.1 Å². The molecule has 0 aliphatic rings. The molecule has 0 saturated heterocycles. The summed E-state index contributed by atoms with van der Waals surface area (Å²) >= 11 is 12.2. The van der Waals surface area contributed by atoms with Crippen molar-refractivity contribution in [1.82, 2.24) is 0 Å². The first-order valence-electron chi connectivity index (χ1n) is 7.74. The molecule has 1 atom stereocenters. The number of amides is 1. The van der Waals surface area contributed by atoms with Crippen LogP contribution in [0.25, 0.3) is 11.3 Å². The second-order valence-corrected chi connectivity index (χ2v) is 6.34. The molecule has 1 aromatic heterocycles. The van der Waals surface area contributed by atoms with Crippen molar-refractivity contribution in [3.05, 3.63) is 70.4 Å². The standard InChI is InChI=1S/C19H15Cl2NO4/c1-11(14-4-2-3-5-15(14)20)26-19(24)22-17-16(21)10-25-18(17)12-6-8-13(23)9-7-12/h2-11,23H,1H3,(H,22,24)/t11-/m1/s1. The van der Waals surface area contributed by atoms with Crippen molar-refractivity contribution in [1.29, 1.82) is 0 Å². The van der Waals surface area contributed by atoms with Gasteiger partial charge in [0.2, 0.25) is 0 Å². The molecule has 1 amide bonds. The van der Waals surface area contributed by atoms with Crippen LogP contribution in [0, 0.1) is 0 Å². The second kappa shape index (κ2) is 7.72. The van der Waals surface area contributed by atoms with E-state index in [1.54, 1.807) is 37.3 Å². The fourth-order valence-electron chi connectivity index (χ4n) is 2.44. The minimum absolute atomic E-state index is 0.119. The molecule has 0 unspecified atom stereocenters. The quantitative estimate of drug-likeness (QED) is 0.549. The fourth-order valence-corrected chi connectivity index (χ4v) is 2.91. The van der Waals surface area contributed by atoms with Crippen LogP contribution in [-0.2, 0) is 4.74 Å². The Morgan fingerprint density at radius 2 is 1.81 bits per heavy atom. The number of nitrogens with one attached hydrogen (secondary N) is 1. The lowest BCUT2D eigenvalue weighted by Crippen LogP contribution is -2.16. The van der Waals surface area contributed by atoms with Gasteiger partial charge < -0.3 is 14.3 Å². The largest absolute Gasteiger partial charge is 0.508 e. The van der Waals surface area contributed by atoms with Crippen LogP contribution in [0.1, 0.15) is 18.6 Å². The highest BCUT2D eigenvalue weighted by molar-refractivity contribution is 6.34. The SMILES string of the molecule is C[C@@H](OC(=O)Nc1c(Cl)coc1-c1ccc(O)cc1)c1ccccc1Cl. The van der Waals surface area contributed by atoms with Crippen LogP contribution in [0.3, 0.4) is 0 Å². The van der Waals surface area contributed by atoms with E-state index in [1.807, 2.05) is 6.07 Å². The van der Waals surface area contributed by atoms with Gasteiger partial charge in [-0.25, -0.2) is 4.79 Å². The van der Waals surface area contributed by atoms with Gasteiger partial charge >= 0.3 is 6.09 Å². The van der Waals surface area contributed by atoms with Crippen molar-refractivity contribution < 1.29 is 19.1 Å². The van der Waals surface area contributed by atoms with Crippen LogP contribution in [0.4, 0.5) is 10.5 Å². The molecular formula is C19H15Cl2NO4. The molecule has 5 nitrogen and oxygen atoms in total. The van der Waals surface area contributed by atoms with E-state index < -0.39 is 12.2 Å². The van der Waals surface area contributed by atoms with E-state index in [4.69, 9.17) is 32.4 Å². The van der Waals surface area contributed by atoms with Crippen molar-refractivity contribution in [2.24, 2.45) is 0 Å². The number of hydrogen-bond acceptors (Lipinski definition) is 4. The van der Waals surface area contributed by atoms with Crippen molar-refractivity contribution >= 4 is 35.0 Å². The van der Waals surface area contributed by atoms with Gasteiger partial charge in [-0.3, -0.25) is 5.32 Å². The predicted octanol–water partition coefficient (Wildman–Crippen LogP) is 6.27. The van der Waals surface area contributed by atoms with Gasteiger partial charge in [0.25, 0.3) is 0 Å². The first kappa shape index (κ1) is 18.2. The number of carbonyl (C=O) groups is 1. The van der Waals surface area contributed by atoms with Crippen LogP contribution in [0.5, 0.6) is 5.75 Å². The lowest BCUT2D eigenvalue weighted by Gasteiger charge is -2.15. The van der Waals surface area contributed by atoms with Gasteiger partial charge in [-0.2, -0.15) is 0 Å². The van der Waals surface area contributed by atoms with Crippen LogP contribution < -0.4 is 5.32 Å². The van der Waals surface area contributed by atoms with Crippen LogP contribution in [0.2, 0.25) is 10.0 Å². The van der Waals surface area contributed by atoms with Crippen molar-refractivity contribution in [2.75, 3.05) is 5.32 Å². The first-order chi connectivity index (χ1) is 12.5. The zero-order chi connectivity index (χ0) is 18.7. The molecular weight excluding hydrogens is 377 g/mol. The summed E-state index contributed by atoms with van der Waals surface area (Å²) in [4.78, 5) is 12.3. The van der Waals surface area contributed by atoms with Gasteiger partial charge in [-0.05, 0) is 37.3 Å². The van der Waals surface area contributed by atoms with Crippen molar-refractivity contribution in [2.45, 2.75) is 13.0 Å². The number of anilines is 1. The summed E-state index contributed by atoms with van der Waals surface area (Å²) in [5.41, 5.74) is 1.62. The zero-order valence-corrected chi connectivity index (χ0v) is 15.2. The van der Waals surface area contributed by atoms with Gasteiger partial charge in [0.15, 0.2) is 5.76 Å². The second-order valence-electron chi connectivity index (χ2n) is 5.53. The molecule has 1 heterocycles. The maximum absolute atomic E-state index is 12.3. The third-order valence-corrected chi connectivity index (χ3v) is 4.35. The molecule has 2 N–H and O–H groups in total. The predicted molar refractivity (Wildman–Crippen MR) is 101 cm³/mol. The Labute approximate surface area is 160 Å². The van der Waals surface area contributed by atoms with E-state index in [9.17, 15) is 9.90 Å². The molecule has 2 aromatic carbocycles. The van der Waals surface area contributed by atoms with Gasteiger partial charge in [0.1, 0.15) is 28.8 Å². The molecule has 0 aliphatic carbocycles. The summed E-state index contributed by atoms with van der Waals surface area (Å²) in [5.74, 6) is 0.478. The molecule has 26 heavy (non-hydrogen) atoms. The van der Waals surface area contributed by atoms with Gasteiger partial charge in [0.05, 0.1) is 0 Å². The number of phenolic OH excluding ortho intramolecular Hbond substituents is 1. The Morgan fingerprint density at radius 3 is 2.50 bits per heavy atom. The Hall–Kier alpha value is -2.63. The van der Waals surface area contributed by atoms with E-state index >= 15 is 0 Å². The number of aromatic hydroxyl groups is 1. The highest BCUT2D eigenvalue weighted by atomic mass is 35.5. The lowest BCUT2D eigenvalue weighted by atomic mass is 10.1. The molecule has 0 aliphatic heterocycles. The van der Waals surface area contributed by atoms with Gasteiger partial charge in [-0.15, -0.1) is 0 Å². The minimum atomic E-state index is -0.694. The van der Waals surface area contributed by atoms with E-state index in [0.717, 1.165) is 0 Å². The number of hydrogen-bond donors (Lipinski definition) is 2. The van der Waals surface area contributed by atoms with Gasteiger partial charge in [-0.1, -0.05) is 41.4 Å². The molecule has 7 heteroatoms. The number of rotatable bonds is 4. The number of benzene rings is 2. The maximum atomic E-state index is 12.3. The monoisotopic (exact) mass is 391 g/mol. The molecule has 0 saturated carbocycles. The van der Waals surface area contributed by atoms with Crippen molar-refractivity contribution in [3.63, 3.8) is 0 Å². The molecule has 0 fully saturated rings. The minimum Gasteiger partial charge on any atom is -0.508 e.